The molecule has 2 unspecified atom stereocenters. The Kier molecular flexibility index (Phi) is 1.45. The van der Waals surface area contributed by atoms with Crippen LogP contribution in [0.5, 0.6) is 0 Å². The lowest BCUT2D eigenvalue weighted by Crippen LogP contribution is -2.39. The van der Waals surface area contributed by atoms with Crippen LogP contribution in [0.15, 0.2) is 11.6 Å². The van der Waals surface area contributed by atoms with Crippen molar-refractivity contribution < 1.29 is 9.59 Å². The average molecular weight is 191 g/mol. The van der Waals surface area contributed by atoms with E-state index in [1.54, 1.807) is 6.92 Å². The zero-order valence-corrected chi connectivity index (χ0v) is 8.19. The van der Waals surface area contributed by atoms with Gasteiger partial charge in [-0.3, -0.25) is 14.5 Å². The van der Waals surface area contributed by atoms with Gasteiger partial charge in [-0.1, -0.05) is 0 Å². The lowest BCUT2D eigenvalue weighted by Gasteiger charge is -2.23. The smallest absolute Gasteiger partial charge is 0.256 e. The number of hydrogen-bond donors (Lipinski definition) is 0. The van der Waals surface area contributed by atoms with Crippen LogP contribution in [0, 0.1) is 11.8 Å². The van der Waals surface area contributed by atoms with Crippen LogP contribution < -0.4 is 0 Å². The second kappa shape index (κ2) is 2.47. The minimum absolute atomic E-state index is 0.0682. The molecule has 0 aromatic heterocycles. The third-order valence-electron chi connectivity index (χ3n) is 3.72. The van der Waals surface area contributed by atoms with Crippen LogP contribution in [-0.2, 0) is 9.59 Å². The second-order valence-corrected chi connectivity index (χ2v) is 4.72. The van der Waals surface area contributed by atoms with Crippen molar-refractivity contribution in [3.8, 4) is 0 Å². The third-order valence-corrected chi connectivity index (χ3v) is 3.72. The molecule has 14 heavy (non-hydrogen) atoms. The summed E-state index contributed by atoms with van der Waals surface area (Å²) in [5.74, 6) is 1.45. The maximum atomic E-state index is 11.7. The van der Waals surface area contributed by atoms with Crippen molar-refractivity contribution in [2.45, 2.75) is 32.2 Å². The molecule has 0 bridgehead atoms. The van der Waals surface area contributed by atoms with E-state index in [-0.39, 0.29) is 17.9 Å². The summed E-state index contributed by atoms with van der Waals surface area (Å²) in [5, 5.41) is 0. The fraction of sp³-hybridized carbons (Fsp3) is 0.636. The van der Waals surface area contributed by atoms with Crippen molar-refractivity contribution in [2.75, 3.05) is 0 Å². The van der Waals surface area contributed by atoms with Crippen LogP contribution in [0.4, 0.5) is 0 Å². The average Bonchev–Trinajstić information content (AvgIpc) is 2.64. The van der Waals surface area contributed by atoms with Crippen LogP contribution >= 0.6 is 0 Å². The van der Waals surface area contributed by atoms with E-state index in [1.165, 1.54) is 17.4 Å². The molecule has 1 aliphatic heterocycles. The van der Waals surface area contributed by atoms with Crippen LogP contribution in [0.25, 0.3) is 0 Å². The molecule has 2 saturated carbocycles. The maximum Gasteiger partial charge on any atom is 0.256 e. The van der Waals surface area contributed by atoms with Gasteiger partial charge in [0.25, 0.3) is 11.8 Å². The lowest BCUT2D eigenvalue weighted by atomic mass is 10.1. The van der Waals surface area contributed by atoms with Crippen molar-refractivity contribution in [2.24, 2.45) is 11.8 Å². The Labute approximate surface area is 82.8 Å². The molecule has 2 aliphatic carbocycles. The van der Waals surface area contributed by atoms with Crippen molar-refractivity contribution in [3.05, 3.63) is 11.6 Å². The summed E-state index contributed by atoms with van der Waals surface area (Å²) in [7, 11) is 0. The molecule has 2 amide bonds. The summed E-state index contributed by atoms with van der Waals surface area (Å²) in [6.45, 7) is 1.72. The highest BCUT2D eigenvalue weighted by Gasteiger charge is 2.50. The fourth-order valence-electron chi connectivity index (χ4n) is 2.85. The van der Waals surface area contributed by atoms with Gasteiger partial charge >= 0.3 is 0 Å². The van der Waals surface area contributed by atoms with Crippen LogP contribution in [0.1, 0.15) is 26.2 Å². The van der Waals surface area contributed by atoms with Crippen LogP contribution in [0.3, 0.4) is 0 Å². The van der Waals surface area contributed by atoms with E-state index in [1.807, 2.05) is 0 Å². The SMILES string of the molecule is CC1=CC(=O)N(C2CC3CC3C2)C1=O. The molecule has 0 aromatic carbocycles. The first kappa shape index (κ1) is 8.21. The molecule has 2 fully saturated rings. The molecule has 3 heteroatoms. The standard InChI is InChI=1S/C11H13NO2/c1-6-2-10(13)12(11(6)14)9-4-7-3-8(7)5-9/h2,7-9H,3-5H2,1H3. The first-order chi connectivity index (χ1) is 6.66. The number of amides is 2. The topological polar surface area (TPSA) is 37.4 Å². The fourth-order valence-corrected chi connectivity index (χ4v) is 2.85. The largest absolute Gasteiger partial charge is 0.272 e. The molecule has 0 radical (unpaired) electrons. The third kappa shape index (κ3) is 0.982. The number of carbonyl (C=O) groups excluding carboxylic acids is 2. The molecule has 3 nitrogen and oxygen atoms in total. The number of imide groups is 1. The van der Waals surface area contributed by atoms with E-state index in [4.69, 9.17) is 0 Å². The monoisotopic (exact) mass is 191 g/mol. The van der Waals surface area contributed by atoms with Crippen molar-refractivity contribution in [1.82, 2.24) is 4.90 Å². The number of hydrogen-bond acceptors (Lipinski definition) is 2. The van der Waals surface area contributed by atoms with Gasteiger partial charge in [0.05, 0.1) is 0 Å². The van der Waals surface area contributed by atoms with Crippen molar-refractivity contribution in [3.63, 3.8) is 0 Å². The molecule has 0 N–H and O–H groups in total. The van der Waals surface area contributed by atoms with E-state index in [0.717, 1.165) is 24.7 Å². The highest BCUT2D eigenvalue weighted by atomic mass is 16.2. The molecule has 3 rings (SSSR count). The molecule has 0 saturated heterocycles. The predicted octanol–water partition coefficient (Wildman–Crippen LogP) is 1.10. The quantitative estimate of drug-likeness (QED) is 0.582. The van der Waals surface area contributed by atoms with Crippen LogP contribution in [-0.4, -0.2) is 22.8 Å². The molecule has 0 aromatic rings. The summed E-state index contributed by atoms with van der Waals surface area (Å²) in [6, 6.07) is 0.201. The molecular formula is C11H13NO2. The Balaban J connectivity index is 1.80. The zero-order valence-electron chi connectivity index (χ0n) is 8.19. The van der Waals surface area contributed by atoms with E-state index in [0.29, 0.717) is 5.57 Å². The van der Waals surface area contributed by atoms with Crippen molar-refractivity contribution in [1.29, 1.82) is 0 Å². The normalized spacial score (nSPS) is 40.2. The number of rotatable bonds is 1. The summed E-state index contributed by atoms with van der Waals surface area (Å²) >= 11 is 0. The highest BCUT2D eigenvalue weighted by molar-refractivity contribution is 6.16. The van der Waals surface area contributed by atoms with Gasteiger partial charge in [-0.15, -0.1) is 0 Å². The van der Waals surface area contributed by atoms with Gasteiger partial charge in [0.1, 0.15) is 0 Å². The minimum atomic E-state index is -0.0983. The van der Waals surface area contributed by atoms with Gasteiger partial charge in [0.2, 0.25) is 0 Å². The Morgan fingerprint density at radius 2 is 1.86 bits per heavy atom. The van der Waals surface area contributed by atoms with Gasteiger partial charge in [0, 0.05) is 17.7 Å². The Bertz CT molecular complexity index is 348. The predicted molar refractivity (Wildman–Crippen MR) is 50.2 cm³/mol. The zero-order chi connectivity index (χ0) is 9.87. The summed E-state index contributed by atoms with van der Waals surface area (Å²) in [6.07, 6.45) is 4.87. The van der Waals surface area contributed by atoms with E-state index >= 15 is 0 Å². The van der Waals surface area contributed by atoms with Gasteiger partial charge in [-0.25, -0.2) is 0 Å². The van der Waals surface area contributed by atoms with E-state index < -0.39 is 0 Å². The number of nitrogens with zero attached hydrogens (tertiary/aromatic N) is 1. The molecule has 0 spiro atoms. The summed E-state index contributed by atoms with van der Waals surface area (Å²) < 4.78 is 0. The van der Waals surface area contributed by atoms with Gasteiger partial charge in [-0.2, -0.15) is 0 Å². The maximum absolute atomic E-state index is 11.7. The van der Waals surface area contributed by atoms with Gasteiger partial charge < -0.3 is 0 Å². The Morgan fingerprint density at radius 1 is 1.21 bits per heavy atom. The Hall–Kier alpha value is -1.12. The van der Waals surface area contributed by atoms with Crippen molar-refractivity contribution >= 4 is 11.8 Å². The second-order valence-electron chi connectivity index (χ2n) is 4.72. The summed E-state index contributed by atoms with van der Waals surface area (Å²) in [5.41, 5.74) is 0.593. The Morgan fingerprint density at radius 3 is 2.36 bits per heavy atom. The molecule has 3 aliphatic rings. The van der Waals surface area contributed by atoms with Gasteiger partial charge in [-0.05, 0) is 38.0 Å². The molecule has 1 heterocycles. The molecule has 2 atom stereocenters. The first-order valence-electron chi connectivity index (χ1n) is 5.22. The lowest BCUT2D eigenvalue weighted by molar-refractivity contribution is -0.139. The molecular weight excluding hydrogens is 178 g/mol. The van der Waals surface area contributed by atoms with Gasteiger partial charge in [0.15, 0.2) is 0 Å². The number of carbonyl (C=O) groups is 2. The summed E-state index contributed by atoms with van der Waals surface area (Å²) in [4.78, 5) is 24.7. The minimum Gasteiger partial charge on any atom is -0.272 e. The van der Waals surface area contributed by atoms with E-state index in [9.17, 15) is 9.59 Å². The highest BCUT2D eigenvalue weighted by Crippen LogP contribution is 2.53. The number of fused-ring (bicyclic) bond motifs is 1. The first-order valence-corrected chi connectivity index (χ1v) is 5.22. The van der Waals surface area contributed by atoms with Crippen LogP contribution in [0.2, 0.25) is 0 Å². The van der Waals surface area contributed by atoms with E-state index in [2.05, 4.69) is 0 Å². The molecule has 74 valence electrons.